The van der Waals surface area contributed by atoms with E-state index in [0.717, 1.165) is 0 Å². The molecule has 0 spiro atoms. The predicted molar refractivity (Wildman–Crippen MR) is 60.5 cm³/mol. The number of urea groups is 1. The average molecular weight is 246 g/mol. The number of carboxylic acid groups (broad SMARTS) is 1. The number of unbranched alkanes of at least 4 members (excludes halogenated alkanes) is 1. The molecular weight excluding hydrogens is 227 g/mol. The molecule has 0 aliphatic carbocycles. The van der Waals surface area contributed by atoms with Crippen molar-refractivity contribution < 1.29 is 19.1 Å². The molecule has 5 nitrogen and oxygen atoms in total. The van der Waals surface area contributed by atoms with Gasteiger partial charge in [-0.2, -0.15) is 0 Å². The van der Waals surface area contributed by atoms with Crippen LogP contribution in [0.4, 0.5) is 9.18 Å². The third-order valence-corrected chi connectivity index (χ3v) is 3.11. The first-order valence-electron chi connectivity index (χ1n) is 5.82. The zero-order valence-electron chi connectivity index (χ0n) is 10.0. The van der Waals surface area contributed by atoms with Crippen molar-refractivity contribution in [1.82, 2.24) is 10.2 Å². The highest BCUT2D eigenvalue weighted by molar-refractivity contribution is 5.79. The molecule has 1 fully saturated rings. The van der Waals surface area contributed by atoms with E-state index in [2.05, 4.69) is 5.32 Å². The molecule has 1 atom stereocenters. The molecule has 1 heterocycles. The summed E-state index contributed by atoms with van der Waals surface area (Å²) in [5, 5.41) is 11.7. The van der Waals surface area contributed by atoms with Gasteiger partial charge < -0.3 is 15.3 Å². The lowest BCUT2D eigenvalue weighted by atomic mass is 9.90. The fourth-order valence-electron chi connectivity index (χ4n) is 1.84. The minimum atomic E-state index is -0.870. The second-order valence-corrected chi connectivity index (χ2v) is 4.67. The fourth-order valence-corrected chi connectivity index (χ4v) is 1.84. The summed E-state index contributed by atoms with van der Waals surface area (Å²) in [6, 6.07) is -0.256. The largest absolute Gasteiger partial charge is 0.481 e. The first-order chi connectivity index (χ1) is 7.99. The van der Waals surface area contributed by atoms with Crippen molar-refractivity contribution in [3.05, 3.63) is 0 Å². The van der Waals surface area contributed by atoms with E-state index in [1.54, 1.807) is 6.92 Å². The van der Waals surface area contributed by atoms with Gasteiger partial charge in [-0.15, -0.1) is 0 Å². The maximum atomic E-state index is 11.8. The molecule has 1 aliphatic heterocycles. The molecular formula is C11H19FN2O3. The van der Waals surface area contributed by atoms with Crippen molar-refractivity contribution in [1.29, 1.82) is 0 Å². The van der Waals surface area contributed by atoms with Crippen LogP contribution >= 0.6 is 0 Å². The number of halogens is 1. The molecule has 0 saturated carbocycles. The van der Waals surface area contributed by atoms with Crippen molar-refractivity contribution in [3.63, 3.8) is 0 Å². The molecule has 6 heteroatoms. The highest BCUT2D eigenvalue weighted by Crippen LogP contribution is 2.29. The highest BCUT2D eigenvalue weighted by atomic mass is 19.1. The molecule has 0 aromatic carbocycles. The van der Waals surface area contributed by atoms with Crippen LogP contribution in [0.1, 0.15) is 26.2 Å². The normalized spacial score (nSPS) is 23.8. The lowest BCUT2D eigenvalue weighted by Crippen LogP contribution is -2.41. The second-order valence-electron chi connectivity index (χ2n) is 4.67. The molecule has 98 valence electrons. The molecule has 0 aromatic heterocycles. The van der Waals surface area contributed by atoms with Gasteiger partial charge in [0.25, 0.3) is 0 Å². The summed E-state index contributed by atoms with van der Waals surface area (Å²) >= 11 is 0. The van der Waals surface area contributed by atoms with Crippen molar-refractivity contribution in [2.24, 2.45) is 5.41 Å². The Morgan fingerprint density at radius 2 is 2.18 bits per heavy atom. The lowest BCUT2D eigenvalue weighted by molar-refractivity contribution is -0.146. The highest BCUT2D eigenvalue weighted by Gasteiger charge is 2.41. The van der Waals surface area contributed by atoms with Gasteiger partial charge in [-0.25, -0.2) is 4.79 Å². The summed E-state index contributed by atoms with van der Waals surface area (Å²) in [6.07, 6.45) is 1.51. The van der Waals surface area contributed by atoms with Crippen LogP contribution < -0.4 is 5.32 Å². The zero-order valence-corrected chi connectivity index (χ0v) is 10.0. The number of nitrogens with one attached hydrogen (secondary N) is 1. The first kappa shape index (κ1) is 13.7. The van der Waals surface area contributed by atoms with Crippen molar-refractivity contribution in [2.45, 2.75) is 26.2 Å². The van der Waals surface area contributed by atoms with Crippen LogP contribution in [-0.4, -0.2) is 48.3 Å². The number of amides is 2. The SMILES string of the molecule is CC1(C(=O)O)CCN(C(=O)NCCCCF)C1. The standard InChI is InChI=1S/C11H19FN2O3/c1-11(9(15)16)4-7-14(8-11)10(17)13-6-3-2-5-12/h2-8H2,1H3,(H,13,17)(H,15,16). The van der Waals surface area contributed by atoms with E-state index in [4.69, 9.17) is 5.11 Å². The van der Waals surface area contributed by atoms with Crippen LogP contribution in [0, 0.1) is 5.41 Å². The van der Waals surface area contributed by atoms with Gasteiger partial charge in [0.1, 0.15) is 0 Å². The molecule has 17 heavy (non-hydrogen) atoms. The van der Waals surface area contributed by atoms with Crippen LogP contribution in [0.15, 0.2) is 0 Å². The quantitative estimate of drug-likeness (QED) is 0.717. The summed E-state index contributed by atoms with van der Waals surface area (Å²) in [5.74, 6) is -0.870. The molecule has 1 rings (SSSR count). The van der Waals surface area contributed by atoms with E-state index < -0.39 is 11.4 Å². The smallest absolute Gasteiger partial charge is 0.317 e. The summed E-state index contributed by atoms with van der Waals surface area (Å²) in [6.45, 7) is 2.39. The van der Waals surface area contributed by atoms with E-state index >= 15 is 0 Å². The minimum absolute atomic E-state index is 0.233. The number of rotatable bonds is 5. The Hall–Kier alpha value is -1.33. The van der Waals surface area contributed by atoms with Crippen LogP contribution in [-0.2, 0) is 4.79 Å². The number of aliphatic carboxylic acids is 1. The second kappa shape index (κ2) is 5.84. The summed E-state index contributed by atoms with van der Waals surface area (Å²) in [5.41, 5.74) is -0.837. The predicted octanol–water partition coefficient (Wildman–Crippen LogP) is 1.24. The maximum Gasteiger partial charge on any atom is 0.317 e. The number of carbonyl (C=O) groups excluding carboxylic acids is 1. The summed E-state index contributed by atoms with van der Waals surface area (Å²) < 4.78 is 11.8. The van der Waals surface area contributed by atoms with E-state index in [-0.39, 0.29) is 19.3 Å². The van der Waals surface area contributed by atoms with E-state index in [1.807, 2.05) is 0 Å². The number of hydrogen-bond acceptors (Lipinski definition) is 2. The van der Waals surface area contributed by atoms with Gasteiger partial charge in [-0.05, 0) is 26.2 Å². The average Bonchev–Trinajstić information content (AvgIpc) is 2.69. The van der Waals surface area contributed by atoms with Crippen LogP contribution in [0.3, 0.4) is 0 Å². The van der Waals surface area contributed by atoms with Crippen LogP contribution in [0.2, 0.25) is 0 Å². The van der Waals surface area contributed by atoms with Gasteiger partial charge in [-0.3, -0.25) is 9.18 Å². The Balaban J connectivity index is 2.33. The Morgan fingerprint density at radius 3 is 2.71 bits per heavy atom. The zero-order chi connectivity index (χ0) is 12.9. The van der Waals surface area contributed by atoms with E-state index in [1.165, 1.54) is 4.90 Å². The van der Waals surface area contributed by atoms with E-state index in [0.29, 0.717) is 32.4 Å². The Kier molecular flexibility index (Phi) is 4.72. The third-order valence-electron chi connectivity index (χ3n) is 3.11. The van der Waals surface area contributed by atoms with Gasteiger partial charge >= 0.3 is 12.0 Å². The first-order valence-corrected chi connectivity index (χ1v) is 5.82. The summed E-state index contributed by atoms with van der Waals surface area (Å²) in [7, 11) is 0. The molecule has 1 unspecified atom stereocenters. The number of carboxylic acids is 1. The topological polar surface area (TPSA) is 69.6 Å². The van der Waals surface area contributed by atoms with Crippen LogP contribution in [0.25, 0.3) is 0 Å². The third kappa shape index (κ3) is 3.57. The number of carbonyl (C=O) groups is 2. The molecule has 0 bridgehead atoms. The molecule has 1 aliphatic rings. The van der Waals surface area contributed by atoms with Crippen molar-refractivity contribution in [2.75, 3.05) is 26.3 Å². The lowest BCUT2D eigenvalue weighted by Gasteiger charge is -2.20. The van der Waals surface area contributed by atoms with Gasteiger partial charge in [0.15, 0.2) is 0 Å². The van der Waals surface area contributed by atoms with Gasteiger partial charge in [0.2, 0.25) is 0 Å². The molecule has 2 N–H and O–H groups in total. The van der Waals surface area contributed by atoms with Crippen molar-refractivity contribution in [3.8, 4) is 0 Å². The number of likely N-dealkylation sites (tertiary alicyclic amines) is 1. The van der Waals surface area contributed by atoms with Gasteiger partial charge in [-0.1, -0.05) is 0 Å². The van der Waals surface area contributed by atoms with Gasteiger partial charge in [0, 0.05) is 19.6 Å². The number of alkyl halides is 1. The van der Waals surface area contributed by atoms with E-state index in [9.17, 15) is 14.0 Å². The van der Waals surface area contributed by atoms with Crippen molar-refractivity contribution >= 4 is 12.0 Å². The number of hydrogen-bond donors (Lipinski definition) is 2. The molecule has 0 radical (unpaired) electrons. The Morgan fingerprint density at radius 1 is 1.47 bits per heavy atom. The minimum Gasteiger partial charge on any atom is -0.481 e. The fraction of sp³-hybridized carbons (Fsp3) is 0.818. The summed E-state index contributed by atoms with van der Waals surface area (Å²) in [4.78, 5) is 24.1. The van der Waals surface area contributed by atoms with Gasteiger partial charge in [0.05, 0.1) is 12.1 Å². The Labute approximate surface area is 100.0 Å². The molecule has 0 aromatic rings. The Bertz CT molecular complexity index is 298. The molecule has 1 saturated heterocycles. The maximum absolute atomic E-state index is 11.8. The molecule has 2 amide bonds. The number of nitrogens with zero attached hydrogens (tertiary/aromatic N) is 1. The monoisotopic (exact) mass is 246 g/mol. The van der Waals surface area contributed by atoms with Crippen LogP contribution in [0.5, 0.6) is 0 Å².